The van der Waals surface area contributed by atoms with Crippen molar-refractivity contribution in [1.29, 1.82) is 0 Å². The molecule has 0 aliphatic carbocycles. The van der Waals surface area contributed by atoms with E-state index in [0.29, 0.717) is 35.1 Å². The Bertz CT molecular complexity index is 1250. The SMILES string of the molecule is Cc1ccc(Oc2c(CCC(=O)Nc3ccc(F)cc3)c(C)nn2-c2ccc(F)cc2)cc1. The van der Waals surface area contributed by atoms with Gasteiger partial charge in [-0.2, -0.15) is 5.10 Å². The van der Waals surface area contributed by atoms with Gasteiger partial charge in [-0.25, -0.2) is 13.5 Å². The molecule has 1 amide bonds. The Morgan fingerprint density at radius 2 is 1.52 bits per heavy atom. The Hall–Kier alpha value is -4.00. The summed E-state index contributed by atoms with van der Waals surface area (Å²) < 4.78 is 34.4. The minimum Gasteiger partial charge on any atom is -0.439 e. The van der Waals surface area contributed by atoms with Gasteiger partial charge in [-0.05, 0) is 80.9 Å². The monoisotopic (exact) mass is 447 g/mol. The maximum Gasteiger partial charge on any atom is 0.226 e. The smallest absolute Gasteiger partial charge is 0.226 e. The second-order valence-corrected chi connectivity index (χ2v) is 7.73. The van der Waals surface area contributed by atoms with Gasteiger partial charge in [0.25, 0.3) is 0 Å². The van der Waals surface area contributed by atoms with Gasteiger partial charge < -0.3 is 10.1 Å². The van der Waals surface area contributed by atoms with Crippen molar-refractivity contribution in [2.24, 2.45) is 0 Å². The first-order chi connectivity index (χ1) is 15.9. The lowest BCUT2D eigenvalue weighted by atomic mass is 10.1. The van der Waals surface area contributed by atoms with Crippen LogP contribution in [0, 0.1) is 25.5 Å². The standard InChI is InChI=1S/C26H23F2N3O2/c1-17-3-13-23(14-4-17)33-26-24(15-16-25(32)29-21-9-5-19(27)6-10-21)18(2)30-31(26)22-11-7-20(28)8-12-22/h3-14H,15-16H2,1-2H3,(H,29,32). The van der Waals surface area contributed by atoms with Gasteiger partial charge in [-0.15, -0.1) is 0 Å². The summed E-state index contributed by atoms with van der Waals surface area (Å²) in [6.07, 6.45) is 0.554. The largest absolute Gasteiger partial charge is 0.439 e. The molecular weight excluding hydrogens is 424 g/mol. The predicted molar refractivity (Wildman–Crippen MR) is 123 cm³/mol. The zero-order chi connectivity index (χ0) is 23.4. The summed E-state index contributed by atoms with van der Waals surface area (Å²) in [5.41, 5.74) is 3.74. The third kappa shape index (κ3) is 5.44. The Kier molecular flexibility index (Phi) is 6.49. The van der Waals surface area contributed by atoms with Gasteiger partial charge in [0.05, 0.1) is 11.4 Å². The molecule has 3 aromatic carbocycles. The van der Waals surface area contributed by atoms with Gasteiger partial charge in [-0.1, -0.05) is 17.7 Å². The number of ether oxygens (including phenoxy) is 1. The second-order valence-electron chi connectivity index (χ2n) is 7.73. The minimum absolute atomic E-state index is 0.178. The number of hydrogen-bond acceptors (Lipinski definition) is 3. The average Bonchev–Trinajstić information content (AvgIpc) is 3.11. The molecule has 0 fully saturated rings. The zero-order valence-electron chi connectivity index (χ0n) is 18.3. The fourth-order valence-electron chi connectivity index (χ4n) is 3.40. The lowest BCUT2D eigenvalue weighted by Gasteiger charge is -2.12. The molecule has 0 saturated carbocycles. The molecule has 0 aliphatic heterocycles. The van der Waals surface area contributed by atoms with Crippen LogP contribution in [0.25, 0.3) is 5.69 Å². The Labute approximate surface area is 190 Å². The van der Waals surface area contributed by atoms with E-state index in [1.807, 2.05) is 38.1 Å². The molecule has 1 N–H and O–H groups in total. The van der Waals surface area contributed by atoms with Crippen LogP contribution in [0.5, 0.6) is 11.6 Å². The molecule has 4 rings (SSSR count). The molecule has 0 unspecified atom stereocenters. The molecule has 0 aliphatic rings. The average molecular weight is 447 g/mol. The van der Waals surface area contributed by atoms with Crippen molar-refractivity contribution in [2.75, 3.05) is 5.32 Å². The summed E-state index contributed by atoms with van der Waals surface area (Å²) in [6, 6.07) is 19.2. The topological polar surface area (TPSA) is 56.1 Å². The molecule has 0 radical (unpaired) electrons. The van der Waals surface area contributed by atoms with Crippen molar-refractivity contribution >= 4 is 11.6 Å². The highest BCUT2D eigenvalue weighted by molar-refractivity contribution is 5.90. The van der Waals surface area contributed by atoms with Crippen LogP contribution in [0.15, 0.2) is 72.8 Å². The van der Waals surface area contributed by atoms with E-state index < -0.39 is 0 Å². The number of benzene rings is 3. The Morgan fingerprint density at radius 1 is 0.909 bits per heavy atom. The van der Waals surface area contributed by atoms with Crippen LogP contribution in [-0.2, 0) is 11.2 Å². The summed E-state index contributed by atoms with van der Waals surface area (Å²) >= 11 is 0. The molecule has 1 aromatic heterocycles. The van der Waals surface area contributed by atoms with Crippen molar-refractivity contribution in [3.8, 4) is 17.3 Å². The van der Waals surface area contributed by atoms with Gasteiger partial charge in [-0.3, -0.25) is 4.79 Å². The number of carbonyl (C=O) groups is 1. The van der Waals surface area contributed by atoms with Gasteiger partial charge in [0.2, 0.25) is 11.8 Å². The van der Waals surface area contributed by atoms with Gasteiger partial charge in [0.15, 0.2) is 0 Å². The van der Waals surface area contributed by atoms with Gasteiger partial charge >= 0.3 is 0 Å². The van der Waals surface area contributed by atoms with E-state index in [1.54, 1.807) is 16.8 Å². The van der Waals surface area contributed by atoms with Crippen molar-refractivity contribution < 1.29 is 18.3 Å². The third-order valence-corrected chi connectivity index (χ3v) is 5.17. The van der Waals surface area contributed by atoms with Crippen LogP contribution >= 0.6 is 0 Å². The minimum atomic E-state index is -0.366. The number of anilines is 1. The Balaban J connectivity index is 1.60. The van der Waals surface area contributed by atoms with Gasteiger partial charge in [0.1, 0.15) is 17.4 Å². The van der Waals surface area contributed by atoms with E-state index in [0.717, 1.165) is 11.1 Å². The fraction of sp³-hybridized carbons (Fsp3) is 0.154. The number of nitrogens with zero attached hydrogens (tertiary/aromatic N) is 2. The molecule has 0 spiro atoms. The lowest BCUT2D eigenvalue weighted by molar-refractivity contribution is -0.116. The number of aryl methyl sites for hydroxylation is 2. The van der Waals surface area contributed by atoms with E-state index in [9.17, 15) is 13.6 Å². The van der Waals surface area contributed by atoms with Gasteiger partial charge in [0, 0.05) is 17.7 Å². The normalized spacial score (nSPS) is 10.8. The molecule has 0 atom stereocenters. The maximum absolute atomic E-state index is 13.5. The van der Waals surface area contributed by atoms with Crippen molar-refractivity contribution in [3.05, 3.63) is 101 Å². The highest BCUT2D eigenvalue weighted by Crippen LogP contribution is 2.32. The molecule has 0 bridgehead atoms. The van der Waals surface area contributed by atoms with Crippen LogP contribution in [-0.4, -0.2) is 15.7 Å². The molecule has 33 heavy (non-hydrogen) atoms. The first-order valence-electron chi connectivity index (χ1n) is 10.5. The number of amides is 1. The summed E-state index contributed by atoms with van der Waals surface area (Å²) in [6.45, 7) is 3.83. The molecule has 0 saturated heterocycles. The first-order valence-corrected chi connectivity index (χ1v) is 10.5. The second kappa shape index (κ2) is 9.65. The molecule has 5 nitrogen and oxygen atoms in total. The number of nitrogens with one attached hydrogen (secondary N) is 1. The molecule has 7 heteroatoms. The van der Waals surface area contributed by atoms with Crippen LogP contribution < -0.4 is 10.1 Å². The van der Waals surface area contributed by atoms with E-state index in [1.165, 1.54) is 36.4 Å². The number of halogens is 2. The summed E-state index contributed by atoms with van der Waals surface area (Å²) in [5, 5.41) is 7.36. The predicted octanol–water partition coefficient (Wildman–Crippen LogP) is 6.13. The quantitative estimate of drug-likeness (QED) is 0.371. The number of rotatable bonds is 7. The Morgan fingerprint density at radius 3 is 2.15 bits per heavy atom. The first kappa shape index (κ1) is 22.2. The van der Waals surface area contributed by atoms with E-state index in [-0.39, 0.29) is 24.0 Å². The van der Waals surface area contributed by atoms with E-state index in [2.05, 4.69) is 10.4 Å². The highest BCUT2D eigenvalue weighted by Gasteiger charge is 2.20. The lowest BCUT2D eigenvalue weighted by Crippen LogP contribution is -2.12. The summed E-state index contributed by atoms with van der Waals surface area (Å²) in [4.78, 5) is 12.5. The zero-order valence-corrected chi connectivity index (χ0v) is 18.3. The summed E-state index contributed by atoms with van der Waals surface area (Å²) in [5.74, 6) is 0.172. The molecule has 168 valence electrons. The van der Waals surface area contributed by atoms with Crippen LogP contribution in [0.4, 0.5) is 14.5 Å². The molecular formula is C26H23F2N3O2. The van der Waals surface area contributed by atoms with Crippen LogP contribution in [0.2, 0.25) is 0 Å². The number of aromatic nitrogens is 2. The van der Waals surface area contributed by atoms with E-state index >= 15 is 0 Å². The molecule has 4 aromatic rings. The summed E-state index contributed by atoms with van der Waals surface area (Å²) in [7, 11) is 0. The third-order valence-electron chi connectivity index (χ3n) is 5.17. The maximum atomic E-state index is 13.5. The highest BCUT2D eigenvalue weighted by atomic mass is 19.1. The number of hydrogen-bond donors (Lipinski definition) is 1. The van der Waals surface area contributed by atoms with Crippen LogP contribution in [0.1, 0.15) is 23.2 Å². The number of carbonyl (C=O) groups excluding carboxylic acids is 1. The van der Waals surface area contributed by atoms with E-state index in [4.69, 9.17) is 4.74 Å². The fourth-order valence-corrected chi connectivity index (χ4v) is 3.40. The molecule has 1 heterocycles. The van der Waals surface area contributed by atoms with Crippen LogP contribution in [0.3, 0.4) is 0 Å². The van der Waals surface area contributed by atoms with Crippen molar-refractivity contribution in [2.45, 2.75) is 26.7 Å². The van der Waals surface area contributed by atoms with Crippen molar-refractivity contribution in [3.63, 3.8) is 0 Å². The van der Waals surface area contributed by atoms with Crippen molar-refractivity contribution in [1.82, 2.24) is 9.78 Å².